The fraction of sp³-hybridized carbons (Fsp3) is 0.125. The molecule has 0 atom stereocenters. The quantitative estimate of drug-likeness (QED) is 0.652. The van der Waals surface area contributed by atoms with E-state index in [1.54, 1.807) is 0 Å². The van der Waals surface area contributed by atoms with E-state index in [1.807, 2.05) is 0 Å². The van der Waals surface area contributed by atoms with Crippen LogP contribution in [0.5, 0.6) is 0 Å². The predicted octanol–water partition coefficient (Wildman–Crippen LogP) is 2.94. The lowest BCUT2D eigenvalue weighted by Gasteiger charge is -2.04. The minimum Gasteiger partial charge on any atom is -0.298 e. The van der Waals surface area contributed by atoms with E-state index in [0.717, 1.165) is 24.3 Å². The summed E-state index contributed by atoms with van der Waals surface area (Å²) in [6.45, 7) is 0. The first-order chi connectivity index (χ1) is 5.54. The molecule has 0 aliphatic rings. The Morgan fingerprint density at radius 2 is 1.54 bits per heavy atom. The Labute approximate surface area is 79.0 Å². The number of rotatable bonds is 1. The van der Waals surface area contributed by atoms with Crippen LogP contribution in [-0.4, -0.2) is 6.29 Å². The van der Waals surface area contributed by atoms with Gasteiger partial charge >= 0.3 is 6.18 Å². The summed E-state index contributed by atoms with van der Waals surface area (Å²) >= 11 is 0. The molecule has 0 bridgehead atoms. The van der Waals surface area contributed by atoms with Crippen LogP contribution < -0.4 is 0 Å². The van der Waals surface area contributed by atoms with E-state index in [-0.39, 0.29) is 18.0 Å². The Morgan fingerprint density at radius 1 is 1.08 bits per heavy atom. The highest BCUT2D eigenvalue weighted by Gasteiger charge is 2.29. The van der Waals surface area contributed by atoms with E-state index in [4.69, 9.17) is 0 Å². The minimum atomic E-state index is -4.33. The number of hydrogen-bond acceptors (Lipinski definition) is 1. The van der Waals surface area contributed by atoms with Gasteiger partial charge in [0.15, 0.2) is 0 Å². The molecule has 0 spiro atoms. The molecule has 0 N–H and O–H groups in total. The third-order valence-corrected chi connectivity index (χ3v) is 1.37. The lowest BCUT2D eigenvalue weighted by atomic mass is 10.1. The van der Waals surface area contributed by atoms with Gasteiger partial charge in [0.05, 0.1) is 5.56 Å². The molecule has 0 aliphatic heterocycles. The Hall–Kier alpha value is -1.03. The van der Waals surface area contributed by atoms with Crippen LogP contribution in [0.25, 0.3) is 0 Å². The van der Waals surface area contributed by atoms with E-state index >= 15 is 0 Å². The summed E-state index contributed by atoms with van der Waals surface area (Å²) in [7, 11) is 0. The summed E-state index contributed by atoms with van der Waals surface area (Å²) in [5, 5.41) is 0. The molecule has 0 fully saturated rings. The summed E-state index contributed by atoms with van der Waals surface area (Å²) in [6, 6.07) is 4.03. The maximum atomic E-state index is 11.9. The van der Waals surface area contributed by atoms with E-state index in [1.165, 1.54) is 0 Å². The van der Waals surface area contributed by atoms with Gasteiger partial charge in [0.1, 0.15) is 6.29 Å². The van der Waals surface area contributed by atoms with Crippen molar-refractivity contribution in [3.05, 3.63) is 35.4 Å². The van der Waals surface area contributed by atoms with Crippen molar-refractivity contribution in [2.24, 2.45) is 0 Å². The average molecular weight is 211 g/mol. The largest absolute Gasteiger partial charge is 0.416 e. The standard InChI is InChI=1S/C8H5F3O.ClH/c9-8(10,11)7-3-1-6(5-12)2-4-7;/h1-5H;1H. The number of carbonyl (C=O) groups is 1. The van der Waals surface area contributed by atoms with Crippen molar-refractivity contribution < 1.29 is 18.0 Å². The van der Waals surface area contributed by atoms with Crippen molar-refractivity contribution in [2.75, 3.05) is 0 Å². The zero-order valence-corrected chi connectivity index (χ0v) is 7.15. The molecule has 0 aliphatic carbocycles. The third kappa shape index (κ3) is 3.06. The first-order valence-electron chi connectivity index (χ1n) is 3.16. The van der Waals surface area contributed by atoms with E-state index in [0.29, 0.717) is 6.29 Å². The second-order valence-corrected chi connectivity index (χ2v) is 2.24. The van der Waals surface area contributed by atoms with Crippen molar-refractivity contribution in [3.63, 3.8) is 0 Å². The van der Waals surface area contributed by atoms with Gasteiger partial charge < -0.3 is 0 Å². The molecule has 0 radical (unpaired) electrons. The molecule has 0 unspecified atom stereocenters. The molecular formula is C8H6ClF3O. The molecular weight excluding hydrogens is 205 g/mol. The predicted molar refractivity (Wildman–Crippen MR) is 44.1 cm³/mol. The fourth-order valence-corrected chi connectivity index (χ4v) is 0.751. The van der Waals surface area contributed by atoms with Gasteiger partial charge in [-0.2, -0.15) is 13.2 Å². The highest BCUT2D eigenvalue weighted by Crippen LogP contribution is 2.28. The molecule has 0 saturated heterocycles. The summed E-state index contributed by atoms with van der Waals surface area (Å²) in [6.07, 6.45) is -3.83. The van der Waals surface area contributed by atoms with Crippen molar-refractivity contribution in [1.82, 2.24) is 0 Å². The van der Waals surface area contributed by atoms with Gasteiger partial charge in [0, 0.05) is 5.56 Å². The molecule has 5 heteroatoms. The van der Waals surface area contributed by atoms with Crippen LogP contribution in [0.2, 0.25) is 0 Å². The number of halogens is 4. The zero-order valence-electron chi connectivity index (χ0n) is 6.34. The third-order valence-electron chi connectivity index (χ3n) is 1.37. The van der Waals surface area contributed by atoms with Crippen LogP contribution in [0.1, 0.15) is 15.9 Å². The highest BCUT2D eigenvalue weighted by molar-refractivity contribution is 5.85. The second-order valence-electron chi connectivity index (χ2n) is 2.24. The maximum Gasteiger partial charge on any atom is 0.416 e. The van der Waals surface area contributed by atoms with Crippen molar-refractivity contribution in [1.29, 1.82) is 0 Å². The summed E-state index contributed by atoms with van der Waals surface area (Å²) in [5.74, 6) is 0. The van der Waals surface area contributed by atoms with Crippen molar-refractivity contribution in [3.8, 4) is 0 Å². The van der Waals surface area contributed by atoms with Gasteiger partial charge in [-0.05, 0) is 12.1 Å². The van der Waals surface area contributed by atoms with Gasteiger partial charge in [0.25, 0.3) is 0 Å². The number of aldehydes is 1. The number of carbonyl (C=O) groups excluding carboxylic acids is 1. The van der Waals surface area contributed by atoms with Crippen molar-refractivity contribution >= 4 is 18.7 Å². The molecule has 1 nitrogen and oxygen atoms in total. The molecule has 1 aromatic carbocycles. The van der Waals surface area contributed by atoms with E-state index in [9.17, 15) is 18.0 Å². The normalized spacial score (nSPS) is 10.4. The summed E-state index contributed by atoms with van der Waals surface area (Å²) in [5.41, 5.74) is -0.504. The lowest BCUT2D eigenvalue weighted by Crippen LogP contribution is -2.04. The SMILES string of the molecule is Cl.O=Cc1ccc(C(F)(F)F)cc1. The van der Waals surface area contributed by atoms with Crippen LogP contribution in [0.3, 0.4) is 0 Å². The topological polar surface area (TPSA) is 17.1 Å². The second kappa shape index (κ2) is 4.28. The van der Waals surface area contributed by atoms with Crippen LogP contribution >= 0.6 is 12.4 Å². The smallest absolute Gasteiger partial charge is 0.298 e. The average Bonchev–Trinajstić information content (AvgIpc) is 2.03. The number of hydrogen-bond donors (Lipinski definition) is 0. The van der Waals surface area contributed by atoms with Gasteiger partial charge in [-0.15, -0.1) is 12.4 Å². The van der Waals surface area contributed by atoms with Gasteiger partial charge in [-0.3, -0.25) is 4.79 Å². The first kappa shape index (κ1) is 12.0. The maximum absolute atomic E-state index is 11.9. The van der Waals surface area contributed by atoms with Gasteiger partial charge in [0.2, 0.25) is 0 Å². The Bertz CT molecular complexity index is 278. The highest BCUT2D eigenvalue weighted by atomic mass is 35.5. The number of alkyl halides is 3. The Kier molecular flexibility index (Phi) is 3.94. The molecule has 0 amide bonds. The van der Waals surface area contributed by atoms with E-state index in [2.05, 4.69) is 0 Å². The van der Waals surface area contributed by atoms with Gasteiger partial charge in [-0.25, -0.2) is 0 Å². The molecule has 1 rings (SSSR count). The fourth-order valence-electron chi connectivity index (χ4n) is 0.751. The molecule has 72 valence electrons. The van der Waals surface area contributed by atoms with Crippen LogP contribution in [0, 0.1) is 0 Å². The summed E-state index contributed by atoms with van der Waals surface area (Å²) < 4.78 is 35.8. The lowest BCUT2D eigenvalue weighted by molar-refractivity contribution is -0.137. The summed E-state index contributed by atoms with van der Waals surface area (Å²) in [4.78, 5) is 10.1. The monoisotopic (exact) mass is 210 g/mol. The molecule has 0 saturated carbocycles. The Balaban J connectivity index is 0.00000144. The van der Waals surface area contributed by atoms with Crippen LogP contribution in [-0.2, 0) is 6.18 Å². The van der Waals surface area contributed by atoms with E-state index < -0.39 is 11.7 Å². The van der Waals surface area contributed by atoms with Crippen molar-refractivity contribution in [2.45, 2.75) is 6.18 Å². The molecule has 0 aromatic heterocycles. The van der Waals surface area contributed by atoms with Crippen LogP contribution in [0.4, 0.5) is 13.2 Å². The Morgan fingerprint density at radius 3 is 1.85 bits per heavy atom. The first-order valence-corrected chi connectivity index (χ1v) is 3.16. The molecule has 0 heterocycles. The minimum absolute atomic E-state index is 0. The molecule has 13 heavy (non-hydrogen) atoms. The molecule has 1 aromatic rings. The van der Waals surface area contributed by atoms with Crippen LogP contribution in [0.15, 0.2) is 24.3 Å². The number of benzene rings is 1. The zero-order chi connectivity index (χ0) is 9.19. The van der Waals surface area contributed by atoms with Gasteiger partial charge in [-0.1, -0.05) is 12.1 Å².